The lowest BCUT2D eigenvalue weighted by atomic mass is 9.82. The Morgan fingerprint density at radius 3 is 1.73 bits per heavy atom. The molecule has 15 heavy (non-hydrogen) atoms. The number of carbonyl (C=O) groups excluding carboxylic acids is 1. The van der Waals surface area contributed by atoms with E-state index in [9.17, 15) is 20.1 Å². The second-order valence-electron chi connectivity index (χ2n) is 3.65. The summed E-state index contributed by atoms with van der Waals surface area (Å²) < 4.78 is 0. The Balaban J connectivity index is 5.13. The molecule has 0 aliphatic carbocycles. The molecule has 4 N–H and O–H groups in total. The Morgan fingerprint density at radius 1 is 1.20 bits per heavy atom. The van der Waals surface area contributed by atoms with Gasteiger partial charge >= 0.3 is 0 Å². The van der Waals surface area contributed by atoms with Crippen molar-refractivity contribution in [2.45, 2.75) is 44.6 Å². The van der Waals surface area contributed by atoms with Gasteiger partial charge in [0.05, 0.1) is 18.3 Å². The molecule has 3 unspecified atom stereocenters. The van der Waals surface area contributed by atoms with E-state index < -0.39 is 29.8 Å². The van der Waals surface area contributed by atoms with Gasteiger partial charge in [0.15, 0.2) is 0 Å². The molecule has 0 radical (unpaired) electrons. The summed E-state index contributed by atoms with van der Waals surface area (Å²) in [6, 6.07) is 0. The Hall–Kier alpha value is -0.910. The molecule has 0 saturated heterocycles. The van der Waals surface area contributed by atoms with Crippen molar-refractivity contribution in [2.24, 2.45) is 0 Å². The zero-order chi connectivity index (χ0) is 12.2. The van der Waals surface area contributed by atoms with Gasteiger partial charge in [-0.2, -0.15) is 0 Å². The van der Waals surface area contributed by atoms with Crippen molar-refractivity contribution in [3.8, 4) is 0 Å². The summed E-state index contributed by atoms with van der Waals surface area (Å²) in [6.07, 6.45) is -2.27. The van der Waals surface area contributed by atoms with Gasteiger partial charge in [0, 0.05) is 0 Å². The highest BCUT2D eigenvalue weighted by Gasteiger charge is 2.45. The van der Waals surface area contributed by atoms with Crippen LogP contribution in [0.25, 0.3) is 0 Å². The third-order valence-electron chi connectivity index (χ3n) is 2.60. The molecule has 0 aliphatic rings. The van der Waals surface area contributed by atoms with E-state index in [4.69, 9.17) is 0 Å². The van der Waals surface area contributed by atoms with E-state index >= 15 is 0 Å². The van der Waals surface area contributed by atoms with Gasteiger partial charge in [-0.3, -0.25) is 4.79 Å². The Kier molecular flexibility index (Phi) is 4.93. The molecule has 0 aromatic carbocycles. The fraction of sp³-hybridized carbons (Fsp3) is 0.700. The summed E-state index contributed by atoms with van der Waals surface area (Å²) in [6.45, 7) is 7.44. The van der Waals surface area contributed by atoms with E-state index in [1.54, 1.807) is 0 Å². The summed E-state index contributed by atoms with van der Waals surface area (Å²) in [5.74, 6) is -0.558. The van der Waals surface area contributed by atoms with Crippen LogP contribution in [-0.2, 0) is 4.79 Å². The van der Waals surface area contributed by atoms with Crippen molar-refractivity contribution in [3.63, 3.8) is 0 Å². The number of aliphatic hydroxyl groups excluding tert-OH is 3. The maximum absolute atomic E-state index is 11.2. The summed E-state index contributed by atoms with van der Waals surface area (Å²) in [7, 11) is 0. The van der Waals surface area contributed by atoms with E-state index in [1.165, 1.54) is 20.8 Å². The van der Waals surface area contributed by atoms with Crippen LogP contribution in [0.4, 0.5) is 0 Å². The number of carbonyl (C=O) groups is 1. The molecule has 5 nitrogen and oxygen atoms in total. The van der Waals surface area contributed by atoms with E-state index in [1.807, 2.05) is 0 Å². The topological polar surface area (TPSA) is 89.8 Å². The van der Waals surface area contributed by atoms with Gasteiger partial charge in [0.2, 0.25) is 5.91 Å². The largest absolute Gasteiger partial charge is 0.391 e. The summed E-state index contributed by atoms with van der Waals surface area (Å²) in [5, 5.41) is 31.1. The van der Waals surface area contributed by atoms with E-state index in [0.717, 1.165) is 6.08 Å². The molecule has 0 heterocycles. The van der Waals surface area contributed by atoms with Crippen LogP contribution in [0.3, 0.4) is 0 Å². The maximum atomic E-state index is 11.2. The molecule has 0 aromatic rings. The highest BCUT2D eigenvalue weighted by Crippen LogP contribution is 2.21. The lowest BCUT2D eigenvalue weighted by Crippen LogP contribution is -2.68. The predicted molar refractivity (Wildman–Crippen MR) is 56.1 cm³/mol. The lowest BCUT2D eigenvalue weighted by Gasteiger charge is -2.42. The summed E-state index contributed by atoms with van der Waals surface area (Å²) >= 11 is 0. The van der Waals surface area contributed by atoms with Crippen molar-refractivity contribution < 1.29 is 20.1 Å². The normalized spacial score (nSPS) is 20.9. The van der Waals surface area contributed by atoms with Gasteiger partial charge in [0.25, 0.3) is 0 Å². The van der Waals surface area contributed by atoms with E-state index in [2.05, 4.69) is 11.9 Å². The van der Waals surface area contributed by atoms with Crippen molar-refractivity contribution in [1.82, 2.24) is 5.32 Å². The number of amides is 1. The minimum atomic E-state index is -1.48. The van der Waals surface area contributed by atoms with Crippen LogP contribution in [0.1, 0.15) is 20.8 Å². The van der Waals surface area contributed by atoms with Crippen molar-refractivity contribution in [1.29, 1.82) is 0 Å². The minimum absolute atomic E-state index is 0.558. The van der Waals surface area contributed by atoms with Crippen molar-refractivity contribution >= 4 is 5.91 Å². The van der Waals surface area contributed by atoms with Gasteiger partial charge in [-0.05, 0) is 26.8 Å². The standard InChI is InChI=1S/C10H19NO4/c1-5-9(15)11-10(6(2)12,7(3)13)8(4)14/h5-8,12-14H,1H2,2-4H3,(H,11,15). The van der Waals surface area contributed by atoms with Crippen molar-refractivity contribution in [3.05, 3.63) is 12.7 Å². The number of hydrogen-bond acceptors (Lipinski definition) is 4. The molecule has 0 rings (SSSR count). The number of hydrogen-bond donors (Lipinski definition) is 4. The Morgan fingerprint density at radius 2 is 1.53 bits per heavy atom. The SMILES string of the molecule is C=CC(=O)NC(C(C)O)(C(C)O)C(C)O. The third-order valence-corrected chi connectivity index (χ3v) is 2.60. The molecular weight excluding hydrogens is 198 g/mol. The van der Waals surface area contributed by atoms with E-state index in [0.29, 0.717) is 0 Å². The molecule has 88 valence electrons. The molecular formula is C10H19NO4. The second kappa shape index (κ2) is 5.25. The van der Waals surface area contributed by atoms with Crippen LogP contribution in [0.2, 0.25) is 0 Å². The van der Waals surface area contributed by atoms with Crippen molar-refractivity contribution in [2.75, 3.05) is 0 Å². The molecule has 0 bridgehead atoms. The quantitative estimate of drug-likeness (QED) is 0.452. The van der Waals surface area contributed by atoms with E-state index in [-0.39, 0.29) is 0 Å². The minimum Gasteiger partial charge on any atom is -0.391 e. The third kappa shape index (κ3) is 2.77. The fourth-order valence-corrected chi connectivity index (χ4v) is 1.62. The molecule has 1 amide bonds. The van der Waals surface area contributed by atoms with Gasteiger partial charge in [-0.1, -0.05) is 6.58 Å². The number of rotatable bonds is 5. The zero-order valence-corrected chi connectivity index (χ0v) is 9.27. The van der Waals surface area contributed by atoms with Crippen LogP contribution >= 0.6 is 0 Å². The molecule has 0 spiro atoms. The molecule has 3 atom stereocenters. The lowest BCUT2D eigenvalue weighted by molar-refractivity contribution is -0.130. The second-order valence-corrected chi connectivity index (χ2v) is 3.65. The van der Waals surface area contributed by atoms with Gasteiger partial charge in [-0.25, -0.2) is 0 Å². The zero-order valence-electron chi connectivity index (χ0n) is 9.27. The van der Waals surface area contributed by atoms with Gasteiger partial charge in [-0.15, -0.1) is 0 Å². The average molecular weight is 217 g/mol. The highest BCUT2D eigenvalue weighted by atomic mass is 16.3. The molecule has 0 fully saturated rings. The fourth-order valence-electron chi connectivity index (χ4n) is 1.62. The van der Waals surface area contributed by atoms with Crippen LogP contribution < -0.4 is 5.32 Å². The molecule has 0 aromatic heterocycles. The first kappa shape index (κ1) is 14.1. The molecule has 0 aliphatic heterocycles. The van der Waals surface area contributed by atoms with Gasteiger partial charge in [0.1, 0.15) is 5.54 Å². The monoisotopic (exact) mass is 217 g/mol. The van der Waals surface area contributed by atoms with Crippen LogP contribution in [-0.4, -0.2) is 45.1 Å². The van der Waals surface area contributed by atoms with Crippen LogP contribution in [0.15, 0.2) is 12.7 Å². The highest BCUT2D eigenvalue weighted by molar-refractivity contribution is 5.87. The average Bonchev–Trinajstić information content (AvgIpc) is 2.11. The first-order valence-electron chi connectivity index (χ1n) is 4.77. The smallest absolute Gasteiger partial charge is 0.244 e. The number of aliphatic hydroxyl groups is 3. The molecule has 0 saturated carbocycles. The Bertz CT molecular complexity index is 214. The predicted octanol–water partition coefficient (Wildman–Crippen LogP) is -0.830. The van der Waals surface area contributed by atoms with Crippen LogP contribution in [0.5, 0.6) is 0 Å². The number of nitrogens with one attached hydrogen (secondary N) is 1. The first-order chi connectivity index (χ1) is 6.78. The van der Waals surface area contributed by atoms with Crippen LogP contribution in [0, 0.1) is 0 Å². The first-order valence-corrected chi connectivity index (χ1v) is 4.77. The summed E-state index contributed by atoms with van der Waals surface area (Å²) in [4.78, 5) is 11.2. The summed E-state index contributed by atoms with van der Waals surface area (Å²) in [5.41, 5.74) is -1.48. The van der Waals surface area contributed by atoms with Gasteiger partial charge < -0.3 is 20.6 Å². The Labute approximate surface area is 89.4 Å². The molecule has 5 heteroatoms. The maximum Gasteiger partial charge on any atom is 0.244 e.